The van der Waals surface area contributed by atoms with E-state index in [9.17, 15) is 9.59 Å². The second-order valence-electron chi connectivity index (χ2n) is 7.42. The van der Waals surface area contributed by atoms with Gasteiger partial charge in [0.25, 0.3) is 5.91 Å². The van der Waals surface area contributed by atoms with Gasteiger partial charge in [-0.15, -0.1) is 0 Å². The molecule has 0 spiro atoms. The first kappa shape index (κ1) is 17.8. The Morgan fingerprint density at radius 2 is 2.08 bits per heavy atom. The standard InChI is InChI=1S/C18H27N3O4/c1-13-3-4-15(25-13)16(22)20-14-5-8-21(9-6-14)17(23)19-11-18(2)7-10-24-12-18/h3-4,14H,5-12H2,1-2H3,(H,19,23)(H,20,22)/t18-/m0/s1. The van der Waals surface area contributed by atoms with Crippen LogP contribution in [0.2, 0.25) is 0 Å². The number of nitrogens with zero attached hydrogens (tertiary/aromatic N) is 1. The third-order valence-electron chi connectivity index (χ3n) is 5.05. The Kier molecular flexibility index (Phi) is 5.32. The maximum Gasteiger partial charge on any atom is 0.317 e. The van der Waals surface area contributed by atoms with Gasteiger partial charge < -0.3 is 24.7 Å². The van der Waals surface area contributed by atoms with Crippen molar-refractivity contribution in [2.75, 3.05) is 32.8 Å². The minimum absolute atomic E-state index is 0.0282. The van der Waals surface area contributed by atoms with Gasteiger partial charge in [0.05, 0.1) is 6.61 Å². The average Bonchev–Trinajstić information content (AvgIpc) is 3.22. The molecule has 0 bridgehead atoms. The van der Waals surface area contributed by atoms with Crippen molar-refractivity contribution >= 4 is 11.9 Å². The van der Waals surface area contributed by atoms with E-state index in [0.717, 1.165) is 31.6 Å². The number of hydrogen-bond acceptors (Lipinski definition) is 4. The van der Waals surface area contributed by atoms with Crippen molar-refractivity contribution in [1.82, 2.24) is 15.5 Å². The van der Waals surface area contributed by atoms with Gasteiger partial charge >= 0.3 is 6.03 Å². The quantitative estimate of drug-likeness (QED) is 0.870. The van der Waals surface area contributed by atoms with Crippen molar-refractivity contribution in [2.24, 2.45) is 5.41 Å². The lowest BCUT2D eigenvalue weighted by molar-refractivity contribution is 0.0888. The van der Waals surface area contributed by atoms with Gasteiger partial charge in [0.1, 0.15) is 5.76 Å². The third kappa shape index (κ3) is 4.54. The number of carbonyl (C=O) groups is 2. The van der Waals surface area contributed by atoms with Crippen molar-refractivity contribution in [3.63, 3.8) is 0 Å². The Balaban J connectivity index is 1.40. The van der Waals surface area contributed by atoms with Crippen LogP contribution in [0.5, 0.6) is 0 Å². The first-order valence-corrected chi connectivity index (χ1v) is 8.93. The van der Waals surface area contributed by atoms with Crippen molar-refractivity contribution in [3.8, 4) is 0 Å². The minimum Gasteiger partial charge on any atom is -0.456 e. The Labute approximate surface area is 148 Å². The molecule has 1 aromatic rings. The lowest BCUT2D eigenvalue weighted by atomic mass is 9.90. The summed E-state index contributed by atoms with van der Waals surface area (Å²) in [5.41, 5.74) is 0.0448. The summed E-state index contributed by atoms with van der Waals surface area (Å²) in [4.78, 5) is 26.3. The molecule has 7 nitrogen and oxygen atoms in total. The van der Waals surface area contributed by atoms with Crippen LogP contribution in [0.25, 0.3) is 0 Å². The number of ether oxygens (including phenoxy) is 1. The van der Waals surface area contributed by atoms with Gasteiger partial charge in [0.15, 0.2) is 5.76 Å². The van der Waals surface area contributed by atoms with Crippen LogP contribution in [-0.2, 0) is 4.74 Å². The van der Waals surface area contributed by atoms with Crippen LogP contribution in [0.4, 0.5) is 4.79 Å². The predicted molar refractivity (Wildman–Crippen MR) is 92.4 cm³/mol. The van der Waals surface area contributed by atoms with E-state index in [-0.39, 0.29) is 23.4 Å². The number of furan rings is 1. The molecule has 3 heterocycles. The smallest absolute Gasteiger partial charge is 0.317 e. The summed E-state index contributed by atoms with van der Waals surface area (Å²) >= 11 is 0. The lowest BCUT2D eigenvalue weighted by Gasteiger charge is -2.33. The molecule has 2 saturated heterocycles. The number of urea groups is 1. The molecule has 3 rings (SSSR count). The molecular weight excluding hydrogens is 322 g/mol. The zero-order chi connectivity index (χ0) is 17.9. The second-order valence-corrected chi connectivity index (χ2v) is 7.42. The summed E-state index contributed by atoms with van der Waals surface area (Å²) in [7, 11) is 0. The van der Waals surface area contributed by atoms with Crippen LogP contribution < -0.4 is 10.6 Å². The minimum atomic E-state index is -0.190. The summed E-state index contributed by atoms with van der Waals surface area (Å²) in [6.45, 7) is 7.34. The zero-order valence-corrected chi connectivity index (χ0v) is 15.0. The molecule has 25 heavy (non-hydrogen) atoms. The van der Waals surface area contributed by atoms with E-state index in [1.54, 1.807) is 12.1 Å². The molecule has 0 aliphatic carbocycles. The zero-order valence-electron chi connectivity index (χ0n) is 15.0. The maximum atomic E-state index is 12.3. The highest BCUT2D eigenvalue weighted by Gasteiger charge is 2.31. The van der Waals surface area contributed by atoms with E-state index in [0.29, 0.717) is 32.0 Å². The predicted octanol–water partition coefficient (Wildman–Crippen LogP) is 1.92. The summed E-state index contributed by atoms with van der Waals surface area (Å²) < 4.78 is 10.8. The summed E-state index contributed by atoms with van der Waals surface area (Å²) in [6, 6.07) is 3.50. The number of amides is 3. The van der Waals surface area contributed by atoms with E-state index < -0.39 is 0 Å². The van der Waals surface area contributed by atoms with Gasteiger partial charge in [-0.05, 0) is 38.3 Å². The van der Waals surface area contributed by atoms with Crippen LogP contribution in [-0.4, -0.2) is 55.7 Å². The average molecular weight is 349 g/mol. The molecule has 3 amide bonds. The molecule has 2 aliphatic rings. The fourth-order valence-corrected chi connectivity index (χ4v) is 3.29. The molecule has 0 saturated carbocycles. The van der Waals surface area contributed by atoms with Gasteiger partial charge in [-0.2, -0.15) is 0 Å². The van der Waals surface area contributed by atoms with E-state index >= 15 is 0 Å². The fourth-order valence-electron chi connectivity index (χ4n) is 3.29. The first-order chi connectivity index (χ1) is 12.0. The highest BCUT2D eigenvalue weighted by molar-refractivity contribution is 5.91. The number of rotatable bonds is 4. The Morgan fingerprint density at radius 1 is 1.32 bits per heavy atom. The van der Waals surface area contributed by atoms with Crippen LogP contribution in [0.15, 0.2) is 16.5 Å². The van der Waals surface area contributed by atoms with Crippen LogP contribution >= 0.6 is 0 Å². The molecule has 1 atom stereocenters. The number of nitrogens with one attached hydrogen (secondary N) is 2. The molecule has 0 aromatic carbocycles. The Morgan fingerprint density at radius 3 is 2.68 bits per heavy atom. The van der Waals surface area contributed by atoms with Crippen molar-refractivity contribution in [1.29, 1.82) is 0 Å². The summed E-state index contributed by atoms with van der Waals surface area (Å²) in [6.07, 6.45) is 2.48. The normalized spacial score (nSPS) is 24.3. The molecule has 2 fully saturated rings. The molecule has 1 aromatic heterocycles. The van der Waals surface area contributed by atoms with Gasteiger partial charge in [0.2, 0.25) is 0 Å². The number of carbonyl (C=O) groups excluding carboxylic acids is 2. The lowest BCUT2D eigenvalue weighted by Crippen LogP contribution is -2.50. The molecule has 138 valence electrons. The third-order valence-corrected chi connectivity index (χ3v) is 5.05. The topological polar surface area (TPSA) is 83.8 Å². The molecule has 2 aliphatic heterocycles. The van der Waals surface area contributed by atoms with Gasteiger partial charge in [-0.3, -0.25) is 4.79 Å². The van der Waals surface area contributed by atoms with Crippen molar-refractivity contribution < 1.29 is 18.7 Å². The highest BCUT2D eigenvalue weighted by Crippen LogP contribution is 2.26. The van der Waals surface area contributed by atoms with Crippen LogP contribution in [0.1, 0.15) is 42.5 Å². The maximum absolute atomic E-state index is 12.3. The largest absolute Gasteiger partial charge is 0.456 e. The number of hydrogen-bond donors (Lipinski definition) is 2. The van der Waals surface area contributed by atoms with Gasteiger partial charge in [0, 0.05) is 37.7 Å². The van der Waals surface area contributed by atoms with Crippen molar-refractivity contribution in [3.05, 3.63) is 23.7 Å². The molecule has 7 heteroatoms. The molecule has 2 N–H and O–H groups in total. The van der Waals surface area contributed by atoms with Gasteiger partial charge in [-0.25, -0.2) is 4.79 Å². The summed E-state index contributed by atoms with van der Waals surface area (Å²) in [5.74, 6) is 0.868. The second kappa shape index (κ2) is 7.47. The number of likely N-dealkylation sites (tertiary alicyclic amines) is 1. The van der Waals surface area contributed by atoms with E-state index in [4.69, 9.17) is 9.15 Å². The monoisotopic (exact) mass is 349 g/mol. The van der Waals surface area contributed by atoms with Crippen LogP contribution in [0, 0.1) is 12.3 Å². The SMILES string of the molecule is Cc1ccc(C(=O)NC2CCN(C(=O)NC[C@]3(C)CCOC3)CC2)o1. The fraction of sp³-hybridized carbons (Fsp3) is 0.667. The summed E-state index contributed by atoms with van der Waals surface area (Å²) in [5, 5.41) is 6.01. The van der Waals surface area contributed by atoms with Gasteiger partial charge in [-0.1, -0.05) is 6.92 Å². The highest BCUT2D eigenvalue weighted by atomic mass is 16.5. The van der Waals surface area contributed by atoms with E-state index in [1.807, 2.05) is 11.8 Å². The Hall–Kier alpha value is -2.02. The molecule has 0 radical (unpaired) electrons. The van der Waals surface area contributed by atoms with Crippen molar-refractivity contribution in [2.45, 2.75) is 39.2 Å². The molecular formula is C18H27N3O4. The Bertz CT molecular complexity index is 614. The van der Waals surface area contributed by atoms with Crippen LogP contribution in [0.3, 0.4) is 0 Å². The molecule has 0 unspecified atom stereocenters. The van der Waals surface area contributed by atoms with E-state index in [1.165, 1.54) is 0 Å². The number of piperidine rings is 1. The number of aryl methyl sites for hydroxylation is 1. The first-order valence-electron chi connectivity index (χ1n) is 8.93. The van der Waals surface area contributed by atoms with E-state index in [2.05, 4.69) is 17.6 Å².